The molecule has 1 aromatic carbocycles. The summed E-state index contributed by atoms with van der Waals surface area (Å²) in [5.74, 6) is 1.12. The molecule has 1 saturated heterocycles. The lowest BCUT2D eigenvalue weighted by Crippen LogP contribution is -2.40. The van der Waals surface area contributed by atoms with Crippen LogP contribution in [0.15, 0.2) is 64.3 Å². The first-order chi connectivity index (χ1) is 17.1. The van der Waals surface area contributed by atoms with Crippen LogP contribution in [0.2, 0.25) is 0 Å². The molecule has 0 bridgehead atoms. The molecule has 2 atom stereocenters. The predicted octanol–water partition coefficient (Wildman–Crippen LogP) is 4.02. The number of aromatic nitrogens is 3. The molecule has 1 aliphatic carbocycles. The van der Waals surface area contributed by atoms with Gasteiger partial charge in [-0.25, -0.2) is 9.78 Å². The second-order valence-electron chi connectivity index (χ2n) is 9.48. The number of methoxy groups -OCH3 is 1. The third-order valence-corrected chi connectivity index (χ3v) is 7.26. The number of hydrogen-bond donors (Lipinski definition) is 2. The van der Waals surface area contributed by atoms with E-state index < -0.39 is 5.69 Å². The first-order valence-electron chi connectivity index (χ1n) is 12.4. The highest BCUT2D eigenvalue weighted by molar-refractivity contribution is 5.75. The number of rotatable bonds is 6. The number of hydrogen-bond acceptors (Lipinski definition) is 5. The van der Waals surface area contributed by atoms with Gasteiger partial charge in [-0.1, -0.05) is 36.4 Å². The Kier molecular flexibility index (Phi) is 6.95. The van der Waals surface area contributed by atoms with E-state index in [-0.39, 0.29) is 17.6 Å². The third-order valence-electron chi connectivity index (χ3n) is 7.26. The second kappa shape index (κ2) is 10.4. The fraction of sp³-hybridized carbons (Fsp3) is 0.393. The molecule has 2 aliphatic rings. The summed E-state index contributed by atoms with van der Waals surface area (Å²) in [6.07, 6.45) is 9.53. The molecular weight excluding hydrogens is 440 g/mol. The van der Waals surface area contributed by atoms with Crippen LogP contribution in [0.1, 0.15) is 60.4 Å². The standard InChI is InChI=1S/C28H32N4O3/c1-35-22-9-6-16-32(18-22)26-23(10-5-15-29-26)20-11-13-21(14-12-20)25-24(27(33)31-28(34)30-25)17-19-7-3-2-4-8-19/h2-5,7-8,10-11,15,21-22H,6,9,12-14,16-18H2,1H3,(H2,30,31,33,34)/t21?,22-/m0/s1. The van der Waals surface area contributed by atoms with E-state index >= 15 is 0 Å². The Balaban J connectivity index is 1.41. The molecule has 2 aromatic heterocycles. The maximum atomic E-state index is 12.7. The SMILES string of the molecule is CO[C@H]1CCCN(c2ncccc2C2=CCC(c3[nH]c(=O)[nH]c(=O)c3Cc3ccccc3)CC2)C1. The van der Waals surface area contributed by atoms with E-state index in [0.717, 1.165) is 62.3 Å². The Morgan fingerprint density at radius 2 is 1.94 bits per heavy atom. The van der Waals surface area contributed by atoms with Gasteiger partial charge in [-0.2, -0.15) is 0 Å². The van der Waals surface area contributed by atoms with E-state index in [1.165, 1.54) is 11.1 Å². The number of nitrogens with zero attached hydrogens (tertiary/aromatic N) is 2. The van der Waals surface area contributed by atoms with Crippen molar-refractivity contribution >= 4 is 11.4 Å². The van der Waals surface area contributed by atoms with Gasteiger partial charge in [0.2, 0.25) is 0 Å². The number of allylic oxidation sites excluding steroid dienone is 2. The summed E-state index contributed by atoms with van der Waals surface area (Å²) >= 11 is 0. The van der Waals surface area contributed by atoms with Crippen molar-refractivity contribution in [2.75, 3.05) is 25.1 Å². The van der Waals surface area contributed by atoms with Crippen LogP contribution in [0.4, 0.5) is 5.82 Å². The van der Waals surface area contributed by atoms with E-state index in [2.05, 4.69) is 27.0 Å². The van der Waals surface area contributed by atoms with Crippen molar-refractivity contribution in [1.82, 2.24) is 15.0 Å². The van der Waals surface area contributed by atoms with Gasteiger partial charge in [-0.05, 0) is 55.4 Å². The fourth-order valence-electron chi connectivity index (χ4n) is 5.42. The maximum absolute atomic E-state index is 12.7. The van der Waals surface area contributed by atoms with Crippen molar-refractivity contribution in [1.29, 1.82) is 0 Å². The molecule has 1 unspecified atom stereocenters. The van der Waals surface area contributed by atoms with Gasteiger partial charge in [-0.3, -0.25) is 9.78 Å². The second-order valence-corrected chi connectivity index (χ2v) is 9.48. The summed E-state index contributed by atoms with van der Waals surface area (Å²) in [7, 11) is 1.78. The van der Waals surface area contributed by atoms with E-state index in [1.54, 1.807) is 7.11 Å². The number of H-pyrrole nitrogens is 2. The van der Waals surface area contributed by atoms with E-state index in [9.17, 15) is 9.59 Å². The molecule has 3 aromatic rings. The largest absolute Gasteiger partial charge is 0.380 e. The number of benzene rings is 1. The van der Waals surface area contributed by atoms with Gasteiger partial charge in [0, 0.05) is 55.6 Å². The molecule has 3 heterocycles. The van der Waals surface area contributed by atoms with Gasteiger partial charge in [0.25, 0.3) is 5.56 Å². The summed E-state index contributed by atoms with van der Waals surface area (Å²) in [5.41, 5.74) is 4.18. The summed E-state index contributed by atoms with van der Waals surface area (Å²) in [6, 6.07) is 14.1. The van der Waals surface area contributed by atoms with Crippen LogP contribution < -0.4 is 16.1 Å². The highest BCUT2D eigenvalue weighted by Crippen LogP contribution is 2.38. The Bertz CT molecular complexity index is 1310. The molecule has 7 nitrogen and oxygen atoms in total. The van der Waals surface area contributed by atoms with Crippen LogP contribution in [-0.2, 0) is 11.2 Å². The molecule has 5 rings (SSSR count). The number of pyridine rings is 1. The zero-order chi connectivity index (χ0) is 24.2. The van der Waals surface area contributed by atoms with Crippen molar-refractivity contribution in [3.8, 4) is 0 Å². The Labute approximate surface area is 204 Å². The van der Waals surface area contributed by atoms with Crippen LogP contribution in [-0.4, -0.2) is 41.3 Å². The highest BCUT2D eigenvalue weighted by atomic mass is 16.5. The van der Waals surface area contributed by atoms with E-state index in [0.29, 0.717) is 12.0 Å². The molecule has 0 radical (unpaired) electrons. The van der Waals surface area contributed by atoms with Crippen molar-refractivity contribution in [3.05, 3.63) is 98.0 Å². The molecular formula is C28H32N4O3. The minimum atomic E-state index is -0.441. The predicted molar refractivity (Wildman–Crippen MR) is 138 cm³/mol. The monoisotopic (exact) mass is 472 g/mol. The zero-order valence-corrected chi connectivity index (χ0v) is 20.1. The molecule has 0 amide bonds. The lowest BCUT2D eigenvalue weighted by Gasteiger charge is -2.34. The number of anilines is 1. The maximum Gasteiger partial charge on any atom is 0.325 e. The molecule has 2 N–H and O–H groups in total. The first-order valence-corrected chi connectivity index (χ1v) is 12.4. The smallest absolute Gasteiger partial charge is 0.325 e. The van der Waals surface area contributed by atoms with Crippen LogP contribution in [0, 0.1) is 0 Å². The summed E-state index contributed by atoms with van der Waals surface area (Å²) in [6.45, 7) is 1.84. The summed E-state index contributed by atoms with van der Waals surface area (Å²) in [5, 5.41) is 0. The molecule has 7 heteroatoms. The molecule has 182 valence electrons. The Hall–Kier alpha value is -3.45. The van der Waals surface area contributed by atoms with Crippen molar-refractivity contribution in [2.24, 2.45) is 0 Å². The van der Waals surface area contributed by atoms with Gasteiger partial charge in [0.15, 0.2) is 0 Å². The number of ether oxygens (including phenoxy) is 1. The number of aromatic amines is 2. The minimum Gasteiger partial charge on any atom is -0.380 e. The molecule has 1 aliphatic heterocycles. The van der Waals surface area contributed by atoms with Gasteiger partial charge < -0.3 is 14.6 Å². The number of piperidine rings is 1. The van der Waals surface area contributed by atoms with Gasteiger partial charge in [0.1, 0.15) is 5.82 Å². The Morgan fingerprint density at radius 1 is 1.09 bits per heavy atom. The Morgan fingerprint density at radius 3 is 2.71 bits per heavy atom. The lowest BCUT2D eigenvalue weighted by atomic mass is 9.83. The summed E-state index contributed by atoms with van der Waals surface area (Å²) < 4.78 is 5.62. The summed E-state index contributed by atoms with van der Waals surface area (Å²) in [4.78, 5) is 37.4. The molecule has 0 spiro atoms. The quantitative estimate of drug-likeness (QED) is 0.566. The minimum absolute atomic E-state index is 0.0976. The van der Waals surface area contributed by atoms with Gasteiger partial charge >= 0.3 is 5.69 Å². The van der Waals surface area contributed by atoms with Gasteiger partial charge in [0.05, 0.1) is 6.10 Å². The van der Waals surface area contributed by atoms with E-state index in [4.69, 9.17) is 9.72 Å². The van der Waals surface area contributed by atoms with Crippen LogP contribution >= 0.6 is 0 Å². The van der Waals surface area contributed by atoms with E-state index in [1.807, 2.05) is 42.6 Å². The van der Waals surface area contributed by atoms with Crippen molar-refractivity contribution in [3.63, 3.8) is 0 Å². The third kappa shape index (κ3) is 5.15. The zero-order valence-electron chi connectivity index (χ0n) is 20.1. The van der Waals surface area contributed by atoms with Crippen LogP contribution in [0.5, 0.6) is 0 Å². The first kappa shape index (κ1) is 23.3. The van der Waals surface area contributed by atoms with Gasteiger partial charge in [-0.15, -0.1) is 0 Å². The lowest BCUT2D eigenvalue weighted by molar-refractivity contribution is 0.0891. The fourth-order valence-corrected chi connectivity index (χ4v) is 5.42. The molecule has 1 fully saturated rings. The number of nitrogens with one attached hydrogen (secondary N) is 2. The average molecular weight is 473 g/mol. The molecule has 35 heavy (non-hydrogen) atoms. The topological polar surface area (TPSA) is 91.1 Å². The highest BCUT2D eigenvalue weighted by Gasteiger charge is 2.26. The van der Waals surface area contributed by atoms with Crippen molar-refractivity contribution in [2.45, 2.75) is 50.5 Å². The van der Waals surface area contributed by atoms with Crippen LogP contribution in [0.25, 0.3) is 5.57 Å². The van der Waals surface area contributed by atoms with Crippen LogP contribution in [0.3, 0.4) is 0 Å². The van der Waals surface area contributed by atoms with Crippen molar-refractivity contribution < 1.29 is 4.74 Å². The molecule has 0 saturated carbocycles. The average Bonchev–Trinajstić information content (AvgIpc) is 2.91. The normalized spacial score (nSPS) is 20.5.